The molecule has 2 aromatic heterocycles. The summed E-state index contributed by atoms with van der Waals surface area (Å²) in [6.07, 6.45) is 2.06. The monoisotopic (exact) mass is 478 g/mol. The second-order valence-electron chi connectivity index (χ2n) is 5.93. The fraction of sp³-hybridized carbons (Fsp3) is 0.480. The third-order valence-electron chi connectivity index (χ3n) is 4.41. The first-order valence-electron chi connectivity index (χ1n) is 10.9. The minimum Gasteiger partial charge on any atom is -0.493 e. The molecule has 0 aliphatic heterocycles. The van der Waals surface area contributed by atoms with Crippen molar-refractivity contribution in [3.8, 4) is 5.75 Å². The molecule has 0 amide bonds. The van der Waals surface area contributed by atoms with Crippen LogP contribution >= 0.6 is 15.9 Å². The number of halogens is 1. The molecular formula is C25H39BrN2O2. The number of aryl methyl sites for hydroxylation is 2. The summed E-state index contributed by atoms with van der Waals surface area (Å²) in [6, 6.07) is 11.7. The Balaban J connectivity index is 0.00000129. The highest BCUT2D eigenvalue weighted by molar-refractivity contribution is 9.09. The molecule has 0 spiro atoms. The Morgan fingerprint density at radius 2 is 1.57 bits per heavy atom. The summed E-state index contributed by atoms with van der Waals surface area (Å²) in [7, 11) is 1.66. The second-order valence-corrected chi connectivity index (χ2v) is 7.10. The van der Waals surface area contributed by atoms with E-state index in [9.17, 15) is 5.11 Å². The lowest BCUT2D eigenvalue weighted by Crippen LogP contribution is -2.15. The number of aliphatic hydroxyl groups excluding tert-OH is 1. The highest BCUT2D eigenvalue weighted by Gasteiger charge is 2.22. The number of ether oxygens (including phenoxy) is 1. The molecule has 0 fully saturated rings. The Kier molecular flexibility index (Phi) is 14.1. The number of methoxy groups -OCH3 is 1. The van der Waals surface area contributed by atoms with Gasteiger partial charge in [-0.05, 0) is 31.9 Å². The third-order valence-corrected chi connectivity index (χ3v) is 5.23. The van der Waals surface area contributed by atoms with Crippen LogP contribution in [0.1, 0.15) is 70.2 Å². The zero-order valence-corrected chi connectivity index (χ0v) is 21.6. The van der Waals surface area contributed by atoms with E-state index in [1.165, 1.54) is 0 Å². The van der Waals surface area contributed by atoms with Gasteiger partial charge in [-0.2, -0.15) is 0 Å². The van der Waals surface area contributed by atoms with Crippen LogP contribution < -0.4 is 4.74 Å². The molecule has 0 aliphatic carbocycles. The van der Waals surface area contributed by atoms with Crippen molar-refractivity contribution < 1.29 is 9.84 Å². The van der Waals surface area contributed by atoms with Gasteiger partial charge in [0.15, 0.2) is 11.4 Å². The van der Waals surface area contributed by atoms with E-state index in [2.05, 4.69) is 20.9 Å². The number of alkyl halides is 1. The quantitative estimate of drug-likeness (QED) is 0.398. The minimum absolute atomic E-state index is 0.117. The molecule has 5 heteroatoms. The number of aliphatic hydroxyl groups is 1. The molecule has 0 aliphatic rings. The average molecular weight is 480 g/mol. The van der Waals surface area contributed by atoms with Gasteiger partial charge in [-0.1, -0.05) is 87.8 Å². The molecule has 2 atom stereocenters. The van der Waals surface area contributed by atoms with Crippen LogP contribution in [0.3, 0.4) is 0 Å². The SMILES string of the molecule is CC.CC.CC.COc1c(CC(Br)C(O)c2ccccc2)ccn2c(C)c(C)nc12. The lowest BCUT2D eigenvalue weighted by molar-refractivity contribution is 0.176. The number of benzene rings is 1. The van der Waals surface area contributed by atoms with E-state index >= 15 is 0 Å². The Morgan fingerprint density at radius 1 is 1.00 bits per heavy atom. The zero-order valence-electron chi connectivity index (χ0n) is 20.0. The maximum atomic E-state index is 10.6. The number of aromatic nitrogens is 2. The molecule has 30 heavy (non-hydrogen) atoms. The molecule has 168 valence electrons. The van der Waals surface area contributed by atoms with Crippen LogP contribution in [0.2, 0.25) is 0 Å². The van der Waals surface area contributed by atoms with Crippen LogP contribution in [0.5, 0.6) is 5.75 Å². The summed E-state index contributed by atoms with van der Waals surface area (Å²) >= 11 is 3.63. The van der Waals surface area contributed by atoms with Crippen molar-refractivity contribution in [2.24, 2.45) is 0 Å². The number of nitrogens with zero attached hydrogens (tertiary/aromatic N) is 2. The van der Waals surface area contributed by atoms with E-state index in [-0.39, 0.29) is 4.83 Å². The van der Waals surface area contributed by atoms with Gasteiger partial charge in [0.25, 0.3) is 0 Å². The van der Waals surface area contributed by atoms with Gasteiger partial charge in [-0.25, -0.2) is 4.98 Å². The van der Waals surface area contributed by atoms with Gasteiger partial charge in [0.05, 0.1) is 18.9 Å². The molecule has 2 heterocycles. The molecule has 0 saturated carbocycles. The number of rotatable bonds is 5. The fourth-order valence-electron chi connectivity index (χ4n) is 2.92. The first-order chi connectivity index (χ1) is 14.5. The largest absolute Gasteiger partial charge is 0.493 e. The normalized spacial score (nSPS) is 11.7. The maximum Gasteiger partial charge on any atom is 0.180 e. The predicted octanol–water partition coefficient (Wildman–Crippen LogP) is 7.08. The lowest BCUT2D eigenvalue weighted by Gasteiger charge is -2.19. The van der Waals surface area contributed by atoms with Gasteiger partial charge in [-0.15, -0.1) is 0 Å². The average Bonchev–Trinajstić information content (AvgIpc) is 3.11. The first-order valence-corrected chi connectivity index (χ1v) is 11.8. The highest BCUT2D eigenvalue weighted by atomic mass is 79.9. The number of hydrogen-bond acceptors (Lipinski definition) is 3. The van der Waals surface area contributed by atoms with E-state index in [4.69, 9.17) is 4.74 Å². The summed E-state index contributed by atoms with van der Waals surface area (Å²) < 4.78 is 7.66. The Labute approximate surface area is 191 Å². The standard InChI is InChI=1S/C19H21BrN2O2.3C2H6/c1-12-13(2)22-10-9-15(18(24-3)19(22)21-12)11-16(20)17(23)14-7-5-4-6-8-14;3*1-2/h4-10,16-17,23H,11H2,1-3H3;3*1-2H3. The molecule has 0 saturated heterocycles. The summed E-state index contributed by atoms with van der Waals surface area (Å²) in [4.78, 5) is 4.50. The lowest BCUT2D eigenvalue weighted by atomic mass is 10.0. The number of pyridine rings is 1. The van der Waals surface area contributed by atoms with E-state index in [0.29, 0.717) is 6.42 Å². The topological polar surface area (TPSA) is 46.8 Å². The van der Waals surface area contributed by atoms with Crippen LogP contribution in [0, 0.1) is 13.8 Å². The number of hydrogen-bond donors (Lipinski definition) is 1. The summed E-state index contributed by atoms with van der Waals surface area (Å²) in [5.74, 6) is 0.762. The molecule has 0 radical (unpaired) electrons. The number of fused-ring (bicyclic) bond motifs is 1. The molecule has 3 rings (SSSR count). The van der Waals surface area contributed by atoms with E-state index in [1.807, 2.05) is 102 Å². The van der Waals surface area contributed by atoms with Gasteiger partial charge in [-0.3, -0.25) is 0 Å². The highest BCUT2D eigenvalue weighted by Crippen LogP contribution is 2.32. The summed E-state index contributed by atoms with van der Waals surface area (Å²) in [5, 5.41) is 10.6. The predicted molar refractivity (Wildman–Crippen MR) is 133 cm³/mol. The van der Waals surface area contributed by atoms with Gasteiger partial charge < -0.3 is 14.2 Å². The fourth-order valence-corrected chi connectivity index (χ4v) is 3.57. The first kappa shape index (κ1) is 28.1. The Morgan fingerprint density at radius 3 is 2.10 bits per heavy atom. The van der Waals surface area contributed by atoms with Gasteiger partial charge in [0, 0.05) is 22.3 Å². The van der Waals surface area contributed by atoms with Crippen LogP contribution in [-0.2, 0) is 6.42 Å². The van der Waals surface area contributed by atoms with Crippen molar-refractivity contribution in [2.75, 3.05) is 7.11 Å². The minimum atomic E-state index is -0.588. The van der Waals surface area contributed by atoms with Crippen molar-refractivity contribution in [2.45, 2.75) is 72.7 Å². The molecule has 0 bridgehead atoms. The van der Waals surface area contributed by atoms with E-state index < -0.39 is 6.10 Å². The molecule has 2 unspecified atom stereocenters. The molecular weight excluding hydrogens is 440 g/mol. The van der Waals surface area contributed by atoms with Crippen LogP contribution in [-0.4, -0.2) is 26.4 Å². The van der Waals surface area contributed by atoms with Crippen molar-refractivity contribution >= 4 is 21.6 Å². The Bertz CT molecular complexity index is 847. The van der Waals surface area contributed by atoms with Crippen molar-refractivity contribution in [1.29, 1.82) is 0 Å². The van der Waals surface area contributed by atoms with E-state index in [0.717, 1.165) is 33.9 Å². The van der Waals surface area contributed by atoms with Gasteiger partial charge >= 0.3 is 0 Å². The van der Waals surface area contributed by atoms with Crippen molar-refractivity contribution in [3.63, 3.8) is 0 Å². The van der Waals surface area contributed by atoms with E-state index in [1.54, 1.807) is 7.11 Å². The third kappa shape index (κ3) is 6.85. The summed E-state index contributed by atoms with van der Waals surface area (Å²) in [5.41, 5.74) is 4.83. The molecule has 1 N–H and O–H groups in total. The van der Waals surface area contributed by atoms with Crippen LogP contribution in [0.15, 0.2) is 42.6 Å². The maximum absolute atomic E-state index is 10.6. The number of imidazole rings is 1. The van der Waals surface area contributed by atoms with Crippen LogP contribution in [0.25, 0.3) is 5.65 Å². The molecule has 1 aromatic carbocycles. The van der Waals surface area contributed by atoms with Crippen molar-refractivity contribution in [3.05, 3.63) is 65.1 Å². The second kappa shape index (κ2) is 15.0. The summed E-state index contributed by atoms with van der Waals surface area (Å²) in [6.45, 7) is 16.0. The smallest absolute Gasteiger partial charge is 0.180 e. The van der Waals surface area contributed by atoms with Crippen LogP contribution in [0.4, 0.5) is 0 Å². The van der Waals surface area contributed by atoms with Gasteiger partial charge in [0.1, 0.15) is 0 Å². The van der Waals surface area contributed by atoms with Crippen molar-refractivity contribution in [1.82, 2.24) is 9.38 Å². The molecule has 3 aromatic rings. The van der Waals surface area contributed by atoms with Gasteiger partial charge in [0.2, 0.25) is 0 Å². The Hall–Kier alpha value is -1.85. The molecule has 4 nitrogen and oxygen atoms in total. The zero-order chi connectivity index (χ0) is 23.3.